The van der Waals surface area contributed by atoms with Crippen LogP contribution >= 0.6 is 0 Å². The molecule has 0 aliphatic rings. The van der Waals surface area contributed by atoms with E-state index in [4.69, 9.17) is 5.11 Å². The van der Waals surface area contributed by atoms with Crippen LogP contribution in [0.5, 0.6) is 11.5 Å². The van der Waals surface area contributed by atoms with Crippen LogP contribution in [0, 0.1) is 0 Å². The monoisotopic (exact) mass is 295 g/mol. The minimum Gasteiger partial charge on any atom is -0.504 e. The lowest BCUT2D eigenvalue weighted by atomic mass is 10.0. The van der Waals surface area contributed by atoms with Crippen molar-refractivity contribution in [3.8, 4) is 11.5 Å². The number of aliphatic carboxylic acids is 1. The van der Waals surface area contributed by atoms with Crippen LogP contribution in [-0.4, -0.2) is 33.2 Å². The Bertz CT molecular complexity index is 501. The number of hydrogen-bond acceptors (Lipinski definition) is 4. The van der Waals surface area contributed by atoms with E-state index in [-0.39, 0.29) is 23.8 Å². The third-order valence-electron chi connectivity index (χ3n) is 3.12. The summed E-state index contributed by atoms with van der Waals surface area (Å²) in [7, 11) is 0. The number of nitrogens with one attached hydrogen (secondary N) is 1. The molecule has 4 N–H and O–H groups in total. The first kappa shape index (κ1) is 16.8. The number of hydrogen-bond donors (Lipinski definition) is 4. The molecule has 0 aromatic heterocycles. The second-order valence-corrected chi connectivity index (χ2v) is 4.94. The van der Waals surface area contributed by atoms with E-state index in [2.05, 4.69) is 5.32 Å². The van der Waals surface area contributed by atoms with Crippen molar-refractivity contribution in [2.75, 3.05) is 0 Å². The van der Waals surface area contributed by atoms with Gasteiger partial charge in [-0.2, -0.15) is 0 Å². The second kappa shape index (κ2) is 8.14. The van der Waals surface area contributed by atoms with E-state index < -0.39 is 12.0 Å². The van der Waals surface area contributed by atoms with Crippen molar-refractivity contribution >= 4 is 11.9 Å². The normalized spacial score (nSPS) is 11.9. The third-order valence-corrected chi connectivity index (χ3v) is 3.12. The van der Waals surface area contributed by atoms with Crippen LogP contribution in [0.2, 0.25) is 0 Å². The van der Waals surface area contributed by atoms with Crippen molar-refractivity contribution in [2.45, 2.75) is 45.1 Å². The zero-order chi connectivity index (χ0) is 15.8. The van der Waals surface area contributed by atoms with Crippen LogP contribution in [0.1, 0.15) is 38.2 Å². The molecule has 6 nitrogen and oxygen atoms in total. The summed E-state index contributed by atoms with van der Waals surface area (Å²) in [6.45, 7) is 2.02. The van der Waals surface area contributed by atoms with Gasteiger partial charge in [-0.15, -0.1) is 0 Å². The van der Waals surface area contributed by atoms with Crippen molar-refractivity contribution in [3.63, 3.8) is 0 Å². The van der Waals surface area contributed by atoms with Gasteiger partial charge in [0, 0.05) is 12.8 Å². The molecule has 0 fully saturated rings. The number of carboxylic acid groups (broad SMARTS) is 1. The minimum atomic E-state index is -1.13. The summed E-state index contributed by atoms with van der Waals surface area (Å²) in [4.78, 5) is 22.9. The van der Waals surface area contributed by atoms with E-state index in [1.165, 1.54) is 18.2 Å². The van der Waals surface area contributed by atoms with Gasteiger partial charge >= 0.3 is 5.97 Å². The van der Waals surface area contributed by atoms with E-state index in [9.17, 15) is 19.8 Å². The summed E-state index contributed by atoms with van der Waals surface area (Å²) in [5, 5.41) is 30.2. The smallest absolute Gasteiger partial charge is 0.326 e. The van der Waals surface area contributed by atoms with E-state index in [1.54, 1.807) is 0 Å². The molecular formula is C15H21NO5. The molecular weight excluding hydrogens is 274 g/mol. The zero-order valence-corrected chi connectivity index (χ0v) is 12.0. The number of benzene rings is 1. The molecule has 1 aromatic rings. The Morgan fingerprint density at radius 3 is 2.48 bits per heavy atom. The van der Waals surface area contributed by atoms with E-state index >= 15 is 0 Å². The van der Waals surface area contributed by atoms with Gasteiger partial charge in [-0.25, -0.2) is 4.79 Å². The number of unbranched alkanes of at least 4 members (excludes halogenated alkanes) is 2. The van der Waals surface area contributed by atoms with Crippen molar-refractivity contribution < 1.29 is 24.9 Å². The zero-order valence-electron chi connectivity index (χ0n) is 12.0. The van der Waals surface area contributed by atoms with Gasteiger partial charge in [0.15, 0.2) is 11.5 Å². The number of carboxylic acids is 1. The molecule has 116 valence electrons. The maximum atomic E-state index is 11.7. The van der Waals surface area contributed by atoms with Gasteiger partial charge in [0.25, 0.3) is 0 Å². The highest BCUT2D eigenvalue weighted by Gasteiger charge is 2.20. The Hall–Kier alpha value is -2.24. The first-order valence-electron chi connectivity index (χ1n) is 6.97. The van der Waals surface area contributed by atoms with Crippen molar-refractivity contribution in [1.82, 2.24) is 5.32 Å². The van der Waals surface area contributed by atoms with Crippen LogP contribution in [0.15, 0.2) is 18.2 Å². The van der Waals surface area contributed by atoms with Gasteiger partial charge in [0.2, 0.25) is 5.91 Å². The van der Waals surface area contributed by atoms with Crippen molar-refractivity contribution in [2.24, 2.45) is 0 Å². The van der Waals surface area contributed by atoms with E-state index in [1.807, 2.05) is 6.92 Å². The average molecular weight is 295 g/mol. The summed E-state index contributed by atoms with van der Waals surface area (Å²) in [6.07, 6.45) is 3.00. The van der Waals surface area contributed by atoms with Gasteiger partial charge in [0.1, 0.15) is 6.04 Å². The fourth-order valence-corrected chi connectivity index (χ4v) is 1.93. The van der Waals surface area contributed by atoms with Gasteiger partial charge < -0.3 is 20.6 Å². The number of carbonyl (C=O) groups is 2. The highest BCUT2D eigenvalue weighted by molar-refractivity contribution is 5.83. The largest absolute Gasteiger partial charge is 0.504 e. The molecule has 1 aromatic carbocycles. The maximum Gasteiger partial charge on any atom is 0.326 e. The van der Waals surface area contributed by atoms with E-state index in [0.29, 0.717) is 12.0 Å². The molecule has 0 heterocycles. The Morgan fingerprint density at radius 1 is 1.19 bits per heavy atom. The van der Waals surface area contributed by atoms with Gasteiger partial charge in [-0.3, -0.25) is 4.79 Å². The molecule has 0 saturated heterocycles. The van der Waals surface area contributed by atoms with Gasteiger partial charge in [0.05, 0.1) is 0 Å². The summed E-state index contributed by atoms with van der Waals surface area (Å²) < 4.78 is 0. The van der Waals surface area contributed by atoms with Crippen LogP contribution in [0.25, 0.3) is 0 Å². The summed E-state index contributed by atoms with van der Waals surface area (Å²) in [6, 6.07) is 3.03. The molecule has 21 heavy (non-hydrogen) atoms. The van der Waals surface area contributed by atoms with E-state index in [0.717, 1.165) is 19.3 Å². The molecule has 0 radical (unpaired) electrons. The second-order valence-electron chi connectivity index (χ2n) is 4.94. The number of carbonyl (C=O) groups excluding carboxylic acids is 1. The number of amides is 1. The molecule has 0 aliphatic carbocycles. The topological polar surface area (TPSA) is 107 Å². The molecule has 6 heteroatoms. The molecule has 0 spiro atoms. The predicted octanol–water partition coefficient (Wildman–Crippen LogP) is 1.79. The van der Waals surface area contributed by atoms with Crippen LogP contribution in [0.3, 0.4) is 0 Å². The summed E-state index contributed by atoms with van der Waals surface area (Å²) in [5.41, 5.74) is 0.520. The quantitative estimate of drug-likeness (QED) is 0.432. The highest BCUT2D eigenvalue weighted by atomic mass is 16.4. The highest BCUT2D eigenvalue weighted by Crippen LogP contribution is 2.25. The van der Waals surface area contributed by atoms with Gasteiger partial charge in [-0.05, 0) is 24.1 Å². The lowest BCUT2D eigenvalue weighted by Gasteiger charge is -2.15. The Labute approximate surface area is 123 Å². The molecule has 0 saturated carbocycles. The van der Waals surface area contributed by atoms with Crippen molar-refractivity contribution in [1.29, 1.82) is 0 Å². The van der Waals surface area contributed by atoms with Crippen LogP contribution in [0.4, 0.5) is 0 Å². The standard InChI is InChI=1S/C15H21NO5/c1-2-3-4-5-14(19)16-11(15(20)21)8-10-6-7-12(17)13(18)9-10/h6-7,9,11,17-18H,2-5,8H2,1H3,(H,16,19)(H,20,21). The number of phenols is 2. The molecule has 1 amide bonds. The third kappa shape index (κ3) is 5.72. The first-order chi connectivity index (χ1) is 9.93. The minimum absolute atomic E-state index is 0.0443. The number of aromatic hydroxyl groups is 2. The maximum absolute atomic E-state index is 11.7. The average Bonchev–Trinajstić information content (AvgIpc) is 2.42. The van der Waals surface area contributed by atoms with Gasteiger partial charge in [-0.1, -0.05) is 25.8 Å². The van der Waals surface area contributed by atoms with Crippen LogP contribution < -0.4 is 5.32 Å². The number of rotatable bonds is 8. The fourth-order valence-electron chi connectivity index (χ4n) is 1.93. The number of phenolic OH excluding ortho intramolecular Hbond substituents is 2. The summed E-state index contributed by atoms with van der Waals surface area (Å²) in [5.74, 6) is -2.01. The Balaban J connectivity index is 2.63. The van der Waals surface area contributed by atoms with Crippen molar-refractivity contribution in [3.05, 3.63) is 23.8 Å². The molecule has 1 rings (SSSR count). The lowest BCUT2D eigenvalue weighted by Crippen LogP contribution is -2.42. The molecule has 0 bridgehead atoms. The Morgan fingerprint density at radius 2 is 1.90 bits per heavy atom. The van der Waals surface area contributed by atoms with Crippen LogP contribution in [-0.2, 0) is 16.0 Å². The molecule has 1 unspecified atom stereocenters. The summed E-state index contributed by atoms with van der Waals surface area (Å²) >= 11 is 0. The fraction of sp³-hybridized carbons (Fsp3) is 0.467. The Kier molecular flexibility index (Phi) is 6.52. The first-order valence-corrected chi connectivity index (χ1v) is 6.97. The lowest BCUT2D eigenvalue weighted by molar-refractivity contribution is -0.141. The SMILES string of the molecule is CCCCCC(=O)NC(Cc1ccc(O)c(O)c1)C(=O)O. The predicted molar refractivity (Wildman–Crippen MR) is 77.2 cm³/mol. The molecule has 0 aliphatic heterocycles. The molecule has 1 atom stereocenters.